The molecule has 1 fully saturated rings. The lowest BCUT2D eigenvalue weighted by Crippen LogP contribution is -2.42. The lowest BCUT2D eigenvalue weighted by atomic mass is 9.99. The van der Waals surface area contributed by atoms with Crippen LogP contribution in [0.3, 0.4) is 0 Å². The van der Waals surface area contributed by atoms with Crippen LogP contribution in [0.15, 0.2) is 5.38 Å². The van der Waals surface area contributed by atoms with Gasteiger partial charge in [0.2, 0.25) is 0 Å². The Morgan fingerprint density at radius 2 is 2.42 bits per heavy atom. The van der Waals surface area contributed by atoms with E-state index in [1.54, 1.807) is 11.3 Å². The summed E-state index contributed by atoms with van der Waals surface area (Å²) in [4.78, 5) is 7.18. The topological polar surface area (TPSA) is 28.2 Å². The molecule has 108 valence electrons. The van der Waals surface area contributed by atoms with Crippen molar-refractivity contribution < 1.29 is 0 Å². The van der Waals surface area contributed by atoms with Crippen LogP contribution in [0.25, 0.3) is 0 Å². The molecule has 2 atom stereocenters. The Hall–Kier alpha value is -0.450. The van der Waals surface area contributed by atoms with Crippen LogP contribution in [-0.4, -0.2) is 42.1 Å². The molecular formula is C15H27N3S. The van der Waals surface area contributed by atoms with Crippen molar-refractivity contribution in [3.8, 4) is 0 Å². The van der Waals surface area contributed by atoms with Crippen molar-refractivity contribution in [3.63, 3.8) is 0 Å². The monoisotopic (exact) mass is 281 g/mol. The molecule has 0 spiro atoms. The van der Waals surface area contributed by atoms with Gasteiger partial charge in [-0.1, -0.05) is 20.3 Å². The Labute approximate surface area is 121 Å². The van der Waals surface area contributed by atoms with Crippen LogP contribution < -0.4 is 5.32 Å². The number of nitrogens with zero attached hydrogens (tertiary/aromatic N) is 2. The minimum Gasteiger partial charge on any atom is -0.312 e. The van der Waals surface area contributed by atoms with Crippen LogP contribution in [0.2, 0.25) is 0 Å². The minimum absolute atomic E-state index is 0.658. The van der Waals surface area contributed by atoms with E-state index in [4.69, 9.17) is 0 Å². The van der Waals surface area contributed by atoms with E-state index in [-0.39, 0.29) is 0 Å². The summed E-state index contributed by atoms with van der Waals surface area (Å²) >= 11 is 1.80. The summed E-state index contributed by atoms with van der Waals surface area (Å²) in [5, 5.41) is 7.15. The normalized spacial score (nSPS) is 23.2. The third kappa shape index (κ3) is 4.55. The van der Waals surface area contributed by atoms with Crippen LogP contribution in [-0.2, 0) is 6.42 Å². The van der Waals surface area contributed by atoms with Gasteiger partial charge in [-0.15, -0.1) is 11.3 Å². The number of hydrogen-bond donors (Lipinski definition) is 1. The number of thiazole rings is 1. The first-order chi connectivity index (χ1) is 9.19. The lowest BCUT2D eigenvalue weighted by Gasteiger charge is -2.27. The molecule has 1 N–H and O–H groups in total. The molecule has 4 heteroatoms. The highest BCUT2D eigenvalue weighted by atomic mass is 32.1. The van der Waals surface area contributed by atoms with Crippen molar-refractivity contribution in [3.05, 3.63) is 16.1 Å². The van der Waals surface area contributed by atoms with Gasteiger partial charge >= 0.3 is 0 Å². The van der Waals surface area contributed by atoms with Crippen molar-refractivity contribution in [2.75, 3.05) is 26.2 Å². The average Bonchev–Trinajstić information content (AvgIpc) is 2.69. The molecule has 2 unspecified atom stereocenters. The fraction of sp³-hybridized carbons (Fsp3) is 0.800. The number of hydrogen-bond acceptors (Lipinski definition) is 4. The Kier molecular flexibility index (Phi) is 5.79. The second-order valence-electron chi connectivity index (χ2n) is 5.73. The van der Waals surface area contributed by atoms with Crippen LogP contribution in [0.4, 0.5) is 0 Å². The predicted octanol–water partition coefficient (Wildman–Crippen LogP) is 2.70. The first kappa shape index (κ1) is 14.9. The maximum Gasteiger partial charge on any atom is 0.0940 e. The molecule has 1 aliphatic rings. The Balaban J connectivity index is 1.84. The van der Waals surface area contributed by atoms with Crippen molar-refractivity contribution >= 4 is 11.3 Å². The first-order valence-corrected chi connectivity index (χ1v) is 8.43. The standard InChI is InChI=1S/C15H27N3S/c1-4-12(2)14-10-18(8-5-7-16-14)9-6-15-17-13(3)11-19-15/h11-12,14,16H,4-10H2,1-3H3. The molecule has 0 radical (unpaired) electrons. The fourth-order valence-corrected chi connectivity index (χ4v) is 3.43. The molecule has 0 bridgehead atoms. The van der Waals surface area contributed by atoms with Crippen LogP contribution in [0, 0.1) is 12.8 Å². The second-order valence-corrected chi connectivity index (χ2v) is 6.68. The van der Waals surface area contributed by atoms with Gasteiger partial charge in [-0.05, 0) is 32.4 Å². The summed E-state index contributed by atoms with van der Waals surface area (Å²) in [5.74, 6) is 0.766. The van der Waals surface area contributed by atoms with E-state index in [1.165, 1.54) is 37.5 Å². The van der Waals surface area contributed by atoms with Crippen molar-refractivity contribution in [1.82, 2.24) is 15.2 Å². The van der Waals surface area contributed by atoms with E-state index in [2.05, 4.69) is 41.4 Å². The van der Waals surface area contributed by atoms with Gasteiger partial charge in [0.15, 0.2) is 0 Å². The van der Waals surface area contributed by atoms with Crippen molar-refractivity contribution in [1.29, 1.82) is 0 Å². The van der Waals surface area contributed by atoms with E-state index < -0.39 is 0 Å². The molecule has 0 saturated carbocycles. The summed E-state index contributed by atoms with van der Waals surface area (Å²) in [7, 11) is 0. The molecule has 1 saturated heterocycles. The minimum atomic E-state index is 0.658. The molecule has 2 rings (SSSR count). The molecule has 19 heavy (non-hydrogen) atoms. The maximum absolute atomic E-state index is 4.57. The molecule has 1 aromatic heterocycles. The van der Waals surface area contributed by atoms with E-state index in [0.29, 0.717) is 6.04 Å². The summed E-state index contributed by atoms with van der Waals surface area (Å²) in [6.07, 6.45) is 3.63. The van der Waals surface area contributed by atoms with Gasteiger partial charge in [0.25, 0.3) is 0 Å². The van der Waals surface area contributed by atoms with Gasteiger partial charge < -0.3 is 10.2 Å². The molecular weight excluding hydrogens is 254 g/mol. The molecule has 1 aromatic rings. The fourth-order valence-electron chi connectivity index (χ4n) is 2.66. The van der Waals surface area contributed by atoms with Crippen LogP contribution >= 0.6 is 11.3 Å². The highest BCUT2D eigenvalue weighted by molar-refractivity contribution is 7.09. The molecule has 3 nitrogen and oxygen atoms in total. The summed E-state index contributed by atoms with van der Waals surface area (Å²) in [6, 6.07) is 0.658. The van der Waals surface area contributed by atoms with Crippen LogP contribution in [0.1, 0.15) is 37.4 Å². The van der Waals surface area contributed by atoms with Gasteiger partial charge in [0, 0.05) is 36.6 Å². The van der Waals surface area contributed by atoms with E-state index >= 15 is 0 Å². The van der Waals surface area contributed by atoms with Crippen molar-refractivity contribution in [2.45, 2.75) is 46.1 Å². The Morgan fingerprint density at radius 1 is 1.58 bits per heavy atom. The zero-order valence-corrected chi connectivity index (χ0v) is 13.3. The lowest BCUT2D eigenvalue weighted by molar-refractivity contribution is 0.240. The number of rotatable bonds is 5. The highest BCUT2D eigenvalue weighted by Crippen LogP contribution is 2.14. The molecule has 1 aliphatic heterocycles. The maximum atomic E-state index is 4.57. The van der Waals surface area contributed by atoms with E-state index in [1.807, 2.05) is 0 Å². The number of aromatic nitrogens is 1. The third-order valence-corrected chi connectivity index (χ3v) is 5.18. The van der Waals surface area contributed by atoms with Gasteiger partial charge in [-0.3, -0.25) is 0 Å². The van der Waals surface area contributed by atoms with Gasteiger partial charge in [0.1, 0.15) is 0 Å². The highest BCUT2D eigenvalue weighted by Gasteiger charge is 2.21. The average molecular weight is 281 g/mol. The summed E-state index contributed by atoms with van der Waals surface area (Å²) < 4.78 is 0. The first-order valence-electron chi connectivity index (χ1n) is 7.55. The van der Waals surface area contributed by atoms with Gasteiger partial charge in [-0.2, -0.15) is 0 Å². The Bertz CT molecular complexity index is 377. The second kappa shape index (κ2) is 7.36. The van der Waals surface area contributed by atoms with Gasteiger partial charge in [-0.25, -0.2) is 4.98 Å². The number of aryl methyl sites for hydroxylation is 1. The van der Waals surface area contributed by atoms with E-state index in [0.717, 1.165) is 24.6 Å². The SMILES string of the molecule is CCC(C)C1CN(CCc2nc(C)cs2)CCCN1. The summed E-state index contributed by atoms with van der Waals surface area (Å²) in [5.41, 5.74) is 1.16. The van der Waals surface area contributed by atoms with Crippen molar-refractivity contribution in [2.24, 2.45) is 5.92 Å². The molecule has 2 heterocycles. The summed E-state index contributed by atoms with van der Waals surface area (Å²) in [6.45, 7) is 11.5. The quantitative estimate of drug-likeness (QED) is 0.899. The molecule has 0 aromatic carbocycles. The zero-order chi connectivity index (χ0) is 13.7. The zero-order valence-electron chi connectivity index (χ0n) is 12.5. The molecule has 0 amide bonds. The Morgan fingerprint density at radius 3 is 3.11 bits per heavy atom. The largest absolute Gasteiger partial charge is 0.312 e. The predicted molar refractivity (Wildman–Crippen MR) is 82.9 cm³/mol. The van der Waals surface area contributed by atoms with Gasteiger partial charge in [0.05, 0.1) is 5.01 Å². The smallest absolute Gasteiger partial charge is 0.0940 e. The van der Waals surface area contributed by atoms with E-state index in [9.17, 15) is 0 Å². The molecule has 0 aliphatic carbocycles. The number of nitrogens with one attached hydrogen (secondary N) is 1. The third-order valence-electron chi connectivity index (χ3n) is 4.15. The van der Waals surface area contributed by atoms with Crippen LogP contribution in [0.5, 0.6) is 0 Å².